The van der Waals surface area contributed by atoms with Crippen LogP contribution in [0.3, 0.4) is 0 Å². The van der Waals surface area contributed by atoms with Gasteiger partial charge in [-0.2, -0.15) is 0 Å². The van der Waals surface area contributed by atoms with Crippen LogP contribution in [0.25, 0.3) is 0 Å². The van der Waals surface area contributed by atoms with Gasteiger partial charge in [-0.1, -0.05) is 18.2 Å². The predicted molar refractivity (Wildman–Crippen MR) is 120 cm³/mol. The summed E-state index contributed by atoms with van der Waals surface area (Å²) in [6.45, 7) is 1.78. The predicted octanol–water partition coefficient (Wildman–Crippen LogP) is 3.94. The summed E-state index contributed by atoms with van der Waals surface area (Å²) in [4.78, 5) is 28.5. The molecule has 2 aromatic rings. The van der Waals surface area contributed by atoms with E-state index in [9.17, 15) is 9.59 Å². The first-order chi connectivity index (χ1) is 15.2. The number of para-hydroxylation sites is 1. The second kappa shape index (κ2) is 8.83. The van der Waals surface area contributed by atoms with Crippen molar-refractivity contribution in [3.63, 3.8) is 0 Å². The standard InChI is InChI=1S/C24H26N2O4S/c27-22(9-10-23(28)26-11-14-31-21-4-2-1-3-18(21)26)25-24(16-5-6-16)17-7-8-19-20(15-17)30-13-12-29-19/h1-4,7-8,15-16,24H,5-6,9-14H2,(H,25,27). The van der Waals surface area contributed by atoms with Gasteiger partial charge >= 0.3 is 0 Å². The van der Waals surface area contributed by atoms with Crippen LogP contribution in [0.5, 0.6) is 11.5 Å². The van der Waals surface area contributed by atoms with Gasteiger partial charge in [-0.05, 0) is 48.6 Å². The highest BCUT2D eigenvalue weighted by molar-refractivity contribution is 7.99. The number of thioether (sulfide) groups is 1. The monoisotopic (exact) mass is 438 g/mol. The zero-order valence-electron chi connectivity index (χ0n) is 17.3. The number of rotatable bonds is 6. The van der Waals surface area contributed by atoms with E-state index in [-0.39, 0.29) is 30.7 Å². The Balaban J connectivity index is 1.21. The van der Waals surface area contributed by atoms with E-state index in [1.165, 1.54) is 0 Å². The number of amides is 2. The largest absolute Gasteiger partial charge is 0.486 e. The first-order valence-electron chi connectivity index (χ1n) is 10.9. The first kappa shape index (κ1) is 20.2. The number of hydrogen-bond acceptors (Lipinski definition) is 5. The van der Waals surface area contributed by atoms with Gasteiger partial charge in [-0.25, -0.2) is 0 Å². The van der Waals surface area contributed by atoms with Crippen molar-refractivity contribution in [3.8, 4) is 11.5 Å². The van der Waals surface area contributed by atoms with Gasteiger partial charge in [0.15, 0.2) is 11.5 Å². The zero-order valence-corrected chi connectivity index (χ0v) is 18.2. The molecule has 6 nitrogen and oxygen atoms in total. The summed E-state index contributed by atoms with van der Waals surface area (Å²) in [6, 6.07) is 13.8. The van der Waals surface area contributed by atoms with Crippen LogP contribution >= 0.6 is 11.8 Å². The molecular weight excluding hydrogens is 412 g/mol. The molecule has 2 aliphatic heterocycles. The Morgan fingerprint density at radius 3 is 2.71 bits per heavy atom. The minimum atomic E-state index is -0.0835. The van der Waals surface area contributed by atoms with Gasteiger partial charge in [0.05, 0.1) is 11.7 Å². The summed E-state index contributed by atoms with van der Waals surface area (Å²) in [5.74, 6) is 2.73. The molecule has 31 heavy (non-hydrogen) atoms. The molecule has 0 bridgehead atoms. The molecule has 0 spiro atoms. The van der Waals surface area contributed by atoms with Crippen LogP contribution in [0, 0.1) is 5.92 Å². The van der Waals surface area contributed by atoms with Crippen LogP contribution < -0.4 is 19.7 Å². The second-order valence-corrected chi connectivity index (χ2v) is 9.28. The summed E-state index contributed by atoms with van der Waals surface area (Å²) >= 11 is 1.77. The normalized spacial score (nSPS) is 18.1. The summed E-state index contributed by atoms with van der Waals surface area (Å²) < 4.78 is 11.3. The molecule has 2 amide bonds. The van der Waals surface area contributed by atoms with Gasteiger partial charge in [0, 0.05) is 30.0 Å². The quantitative estimate of drug-likeness (QED) is 0.740. The van der Waals surface area contributed by atoms with E-state index < -0.39 is 0 Å². The molecule has 1 fully saturated rings. The fraction of sp³-hybridized carbons (Fsp3) is 0.417. The molecule has 1 atom stereocenters. The topological polar surface area (TPSA) is 67.9 Å². The third kappa shape index (κ3) is 4.51. The zero-order chi connectivity index (χ0) is 21.2. The van der Waals surface area contributed by atoms with Gasteiger partial charge in [0.2, 0.25) is 11.8 Å². The van der Waals surface area contributed by atoms with Gasteiger partial charge in [-0.3, -0.25) is 9.59 Å². The molecule has 3 aliphatic rings. The van der Waals surface area contributed by atoms with Gasteiger partial charge in [-0.15, -0.1) is 11.8 Å². The minimum absolute atomic E-state index is 0.00482. The summed E-state index contributed by atoms with van der Waals surface area (Å²) in [7, 11) is 0. The molecule has 1 saturated carbocycles. The number of carbonyl (C=O) groups excluding carboxylic acids is 2. The fourth-order valence-electron chi connectivity index (χ4n) is 4.19. The van der Waals surface area contributed by atoms with E-state index in [1.807, 2.05) is 47.4 Å². The van der Waals surface area contributed by atoms with Crippen molar-refractivity contribution < 1.29 is 19.1 Å². The molecule has 1 aliphatic carbocycles. The van der Waals surface area contributed by atoms with Crippen LogP contribution in [0.2, 0.25) is 0 Å². The Kier molecular flexibility index (Phi) is 5.76. The smallest absolute Gasteiger partial charge is 0.227 e. The maximum Gasteiger partial charge on any atom is 0.227 e. The minimum Gasteiger partial charge on any atom is -0.486 e. The molecule has 1 N–H and O–H groups in total. The average molecular weight is 439 g/mol. The van der Waals surface area contributed by atoms with Crippen molar-refractivity contribution in [1.29, 1.82) is 0 Å². The van der Waals surface area contributed by atoms with E-state index in [4.69, 9.17) is 9.47 Å². The third-order valence-corrected chi connectivity index (χ3v) is 6.97. The number of ether oxygens (including phenoxy) is 2. The highest BCUT2D eigenvalue weighted by Gasteiger charge is 2.34. The fourth-order valence-corrected chi connectivity index (χ4v) is 5.18. The second-order valence-electron chi connectivity index (χ2n) is 8.15. The molecule has 7 heteroatoms. The van der Waals surface area contributed by atoms with Crippen LogP contribution in [0.4, 0.5) is 5.69 Å². The summed E-state index contributed by atoms with van der Waals surface area (Å²) in [5, 5.41) is 3.17. The molecule has 2 heterocycles. The SMILES string of the molecule is O=C(CCC(=O)N1CCSc2ccccc21)NC(c1ccc2c(c1)OCCO2)C1CC1. The average Bonchev–Trinajstić information content (AvgIpc) is 3.65. The molecule has 1 unspecified atom stereocenters. The van der Waals surface area contributed by atoms with Crippen molar-refractivity contribution in [2.75, 3.05) is 30.4 Å². The van der Waals surface area contributed by atoms with Crippen LogP contribution in [-0.2, 0) is 9.59 Å². The molecule has 5 rings (SSSR count). The summed E-state index contributed by atoms with van der Waals surface area (Å²) in [5.41, 5.74) is 1.99. The van der Waals surface area contributed by atoms with Crippen molar-refractivity contribution in [3.05, 3.63) is 48.0 Å². The van der Waals surface area contributed by atoms with Gasteiger partial charge in [0.25, 0.3) is 0 Å². The van der Waals surface area contributed by atoms with E-state index in [2.05, 4.69) is 5.32 Å². The lowest BCUT2D eigenvalue weighted by molar-refractivity contribution is -0.125. The number of benzene rings is 2. The molecule has 0 aromatic heterocycles. The van der Waals surface area contributed by atoms with E-state index in [0.717, 1.165) is 46.2 Å². The number of anilines is 1. The maximum absolute atomic E-state index is 12.8. The maximum atomic E-state index is 12.8. The highest BCUT2D eigenvalue weighted by atomic mass is 32.2. The third-order valence-electron chi connectivity index (χ3n) is 5.93. The summed E-state index contributed by atoms with van der Waals surface area (Å²) in [6.07, 6.45) is 2.60. The number of fused-ring (bicyclic) bond motifs is 2. The number of hydrogen-bond donors (Lipinski definition) is 1. The Labute approximate surface area is 186 Å². The van der Waals surface area contributed by atoms with Gasteiger partial charge < -0.3 is 19.7 Å². The first-order valence-corrected chi connectivity index (χ1v) is 11.9. The van der Waals surface area contributed by atoms with Crippen LogP contribution in [0.1, 0.15) is 37.3 Å². The van der Waals surface area contributed by atoms with Crippen molar-refractivity contribution in [2.24, 2.45) is 5.92 Å². The van der Waals surface area contributed by atoms with Gasteiger partial charge in [0.1, 0.15) is 13.2 Å². The molecule has 162 valence electrons. The lowest BCUT2D eigenvalue weighted by atomic mass is 10.0. The van der Waals surface area contributed by atoms with Crippen molar-refractivity contribution in [2.45, 2.75) is 36.6 Å². The van der Waals surface area contributed by atoms with Crippen LogP contribution in [-0.4, -0.2) is 37.3 Å². The number of carbonyl (C=O) groups is 2. The Morgan fingerprint density at radius 1 is 1.06 bits per heavy atom. The Bertz CT molecular complexity index is 991. The van der Waals surface area contributed by atoms with Crippen LogP contribution in [0.15, 0.2) is 47.4 Å². The van der Waals surface area contributed by atoms with E-state index >= 15 is 0 Å². The van der Waals surface area contributed by atoms with E-state index in [0.29, 0.717) is 25.7 Å². The van der Waals surface area contributed by atoms with E-state index in [1.54, 1.807) is 11.8 Å². The molecule has 0 radical (unpaired) electrons. The Morgan fingerprint density at radius 2 is 1.87 bits per heavy atom. The molecule has 2 aromatic carbocycles. The van der Waals surface area contributed by atoms with Crippen molar-refractivity contribution >= 4 is 29.3 Å². The Hall–Kier alpha value is -2.67. The lowest BCUT2D eigenvalue weighted by Gasteiger charge is -2.29. The number of nitrogens with zero attached hydrogens (tertiary/aromatic N) is 1. The van der Waals surface area contributed by atoms with Crippen molar-refractivity contribution in [1.82, 2.24) is 5.32 Å². The lowest BCUT2D eigenvalue weighted by Crippen LogP contribution is -2.36. The molecular formula is C24H26N2O4S. The highest BCUT2D eigenvalue weighted by Crippen LogP contribution is 2.43. The molecule has 0 saturated heterocycles. The number of nitrogens with one attached hydrogen (secondary N) is 1.